The van der Waals surface area contributed by atoms with Crippen molar-refractivity contribution in [1.82, 2.24) is 5.32 Å². The van der Waals surface area contributed by atoms with Crippen molar-refractivity contribution in [3.05, 3.63) is 89.5 Å². The third-order valence-corrected chi connectivity index (χ3v) is 5.93. The van der Waals surface area contributed by atoms with E-state index in [9.17, 15) is 9.59 Å². The summed E-state index contributed by atoms with van der Waals surface area (Å²) in [4.78, 5) is 27.0. The zero-order valence-corrected chi connectivity index (χ0v) is 16.3. The molecule has 1 heterocycles. The van der Waals surface area contributed by atoms with E-state index < -0.39 is 0 Å². The van der Waals surface area contributed by atoms with Gasteiger partial charge in [-0.05, 0) is 41.8 Å². The number of fused-ring (bicyclic) bond motifs is 2. The van der Waals surface area contributed by atoms with Gasteiger partial charge in [0.15, 0.2) is 0 Å². The maximum atomic E-state index is 12.6. The Morgan fingerprint density at radius 3 is 2.57 bits per heavy atom. The van der Waals surface area contributed by atoms with E-state index in [1.165, 1.54) is 17.3 Å². The van der Waals surface area contributed by atoms with Gasteiger partial charge in [-0.2, -0.15) is 0 Å². The molecule has 0 saturated carbocycles. The molecule has 2 amide bonds. The average molecular weight is 388 g/mol. The summed E-state index contributed by atoms with van der Waals surface area (Å²) in [6.07, 6.45) is 0. The molecule has 2 N–H and O–H groups in total. The minimum Gasteiger partial charge on any atom is -0.351 e. The Labute approximate surface area is 168 Å². The van der Waals surface area contributed by atoms with Crippen molar-refractivity contribution in [3.63, 3.8) is 0 Å². The van der Waals surface area contributed by atoms with Gasteiger partial charge in [-0.15, -0.1) is 0 Å². The van der Waals surface area contributed by atoms with Crippen LogP contribution >= 0.6 is 11.8 Å². The lowest BCUT2D eigenvalue weighted by molar-refractivity contribution is 0.0950. The van der Waals surface area contributed by atoms with Crippen LogP contribution in [0.2, 0.25) is 0 Å². The van der Waals surface area contributed by atoms with E-state index in [0.717, 1.165) is 9.79 Å². The molecule has 1 atom stereocenters. The van der Waals surface area contributed by atoms with Gasteiger partial charge in [0, 0.05) is 21.9 Å². The van der Waals surface area contributed by atoms with E-state index in [-0.39, 0.29) is 17.7 Å². The van der Waals surface area contributed by atoms with E-state index in [4.69, 9.17) is 0 Å². The lowest BCUT2D eigenvalue weighted by Gasteiger charge is -2.14. The molecule has 4 nitrogen and oxygen atoms in total. The molecule has 3 aromatic carbocycles. The fraction of sp³-hybridized carbons (Fsp3) is 0.130. The third kappa shape index (κ3) is 3.80. The molecule has 0 bridgehead atoms. The normalized spacial score (nSPS) is 13.5. The fourth-order valence-corrected chi connectivity index (χ4v) is 4.17. The second kappa shape index (κ2) is 7.90. The standard InChI is InChI=1S/C23H20N2O2S/c1-15(16-7-3-2-4-8-16)14-24-22(26)17-11-12-21-19(13-17)25-23(27)18-9-5-6-10-20(18)28-21/h2-13,15H,14H2,1H3,(H,24,26)(H,25,27)/t15-/m0/s1. The molecule has 28 heavy (non-hydrogen) atoms. The van der Waals surface area contributed by atoms with Crippen LogP contribution in [0, 0.1) is 0 Å². The third-order valence-electron chi connectivity index (χ3n) is 4.78. The van der Waals surface area contributed by atoms with E-state index in [1.54, 1.807) is 12.1 Å². The molecule has 0 radical (unpaired) electrons. The maximum Gasteiger partial charge on any atom is 0.256 e. The summed E-state index contributed by atoms with van der Waals surface area (Å²) in [6.45, 7) is 2.63. The Morgan fingerprint density at radius 1 is 1.00 bits per heavy atom. The summed E-state index contributed by atoms with van der Waals surface area (Å²) in [5.74, 6) is -0.0839. The second-order valence-electron chi connectivity index (χ2n) is 6.79. The van der Waals surface area contributed by atoms with E-state index in [2.05, 4.69) is 29.7 Å². The first-order valence-corrected chi connectivity index (χ1v) is 9.99. The van der Waals surface area contributed by atoms with Gasteiger partial charge in [0.2, 0.25) is 0 Å². The number of benzene rings is 3. The molecule has 140 valence electrons. The molecule has 5 heteroatoms. The number of carbonyl (C=O) groups is 2. The number of rotatable bonds is 4. The molecule has 0 unspecified atom stereocenters. The molecule has 0 spiro atoms. The smallest absolute Gasteiger partial charge is 0.256 e. The van der Waals surface area contributed by atoms with E-state index in [1.807, 2.05) is 48.5 Å². The molecule has 0 saturated heterocycles. The van der Waals surface area contributed by atoms with E-state index in [0.29, 0.717) is 23.4 Å². The fourth-order valence-electron chi connectivity index (χ4n) is 3.16. The van der Waals surface area contributed by atoms with Gasteiger partial charge in [0.05, 0.1) is 11.3 Å². The van der Waals surface area contributed by atoms with E-state index >= 15 is 0 Å². The van der Waals surface area contributed by atoms with Gasteiger partial charge in [0.25, 0.3) is 11.8 Å². The molecular weight excluding hydrogens is 368 g/mol. The summed E-state index contributed by atoms with van der Waals surface area (Å²) in [6, 6.07) is 23.0. The lowest BCUT2D eigenvalue weighted by atomic mass is 10.0. The van der Waals surface area contributed by atoms with Gasteiger partial charge < -0.3 is 10.6 Å². The van der Waals surface area contributed by atoms with Gasteiger partial charge in [-0.1, -0.05) is 61.2 Å². The number of anilines is 1. The summed E-state index contributed by atoms with van der Waals surface area (Å²) in [7, 11) is 0. The maximum absolute atomic E-state index is 12.6. The van der Waals surface area contributed by atoms with Crippen molar-refractivity contribution >= 4 is 29.3 Å². The summed E-state index contributed by atoms with van der Waals surface area (Å²) in [5.41, 5.74) is 3.03. The summed E-state index contributed by atoms with van der Waals surface area (Å²) in [5, 5.41) is 5.91. The first-order chi connectivity index (χ1) is 13.6. The Morgan fingerprint density at radius 2 is 1.75 bits per heavy atom. The highest BCUT2D eigenvalue weighted by Gasteiger charge is 2.20. The van der Waals surface area contributed by atoms with Crippen molar-refractivity contribution in [2.45, 2.75) is 22.6 Å². The van der Waals surface area contributed by atoms with Crippen molar-refractivity contribution in [2.24, 2.45) is 0 Å². The number of amides is 2. The van der Waals surface area contributed by atoms with Crippen molar-refractivity contribution < 1.29 is 9.59 Å². The molecule has 0 fully saturated rings. The van der Waals surface area contributed by atoms with Crippen molar-refractivity contribution in [2.75, 3.05) is 11.9 Å². The van der Waals surface area contributed by atoms with Crippen LogP contribution in [0.25, 0.3) is 0 Å². The Bertz CT molecular complexity index is 1030. The number of hydrogen-bond acceptors (Lipinski definition) is 3. The minimum atomic E-state index is -0.155. The van der Waals surface area contributed by atoms with Crippen LogP contribution in [-0.2, 0) is 0 Å². The van der Waals surface area contributed by atoms with Gasteiger partial charge in [-0.25, -0.2) is 0 Å². The zero-order valence-electron chi connectivity index (χ0n) is 15.4. The quantitative estimate of drug-likeness (QED) is 0.666. The first-order valence-electron chi connectivity index (χ1n) is 9.17. The Kier molecular flexibility index (Phi) is 5.17. The average Bonchev–Trinajstić information content (AvgIpc) is 2.87. The molecule has 0 aromatic heterocycles. The lowest BCUT2D eigenvalue weighted by Crippen LogP contribution is -2.27. The van der Waals surface area contributed by atoms with Crippen LogP contribution in [0.3, 0.4) is 0 Å². The highest BCUT2D eigenvalue weighted by Crippen LogP contribution is 2.38. The van der Waals surface area contributed by atoms with Crippen LogP contribution in [0.4, 0.5) is 5.69 Å². The van der Waals surface area contributed by atoms with Crippen LogP contribution in [0.1, 0.15) is 39.1 Å². The highest BCUT2D eigenvalue weighted by atomic mass is 32.2. The minimum absolute atomic E-state index is 0.147. The topological polar surface area (TPSA) is 58.2 Å². The highest BCUT2D eigenvalue weighted by molar-refractivity contribution is 7.99. The monoisotopic (exact) mass is 388 g/mol. The summed E-state index contributed by atoms with van der Waals surface area (Å²) >= 11 is 1.53. The Hall–Kier alpha value is -3.05. The van der Waals surface area contributed by atoms with Crippen LogP contribution in [-0.4, -0.2) is 18.4 Å². The van der Waals surface area contributed by atoms with Crippen LogP contribution in [0.15, 0.2) is 82.6 Å². The predicted octanol–water partition coefficient (Wildman–Crippen LogP) is 4.94. The molecule has 3 aromatic rings. The Balaban J connectivity index is 1.49. The molecule has 0 aliphatic carbocycles. The van der Waals surface area contributed by atoms with Gasteiger partial charge >= 0.3 is 0 Å². The molecule has 1 aliphatic rings. The molecular formula is C23H20N2O2S. The zero-order chi connectivity index (χ0) is 19.5. The second-order valence-corrected chi connectivity index (χ2v) is 7.87. The van der Waals surface area contributed by atoms with Gasteiger partial charge in [-0.3, -0.25) is 9.59 Å². The number of carbonyl (C=O) groups excluding carboxylic acids is 2. The van der Waals surface area contributed by atoms with Crippen LogP contribution in [0.5, 0.6) is 0 Å². The number of hydrogen-bond donors (Lipinski definition) is 2. The largest absolute Gasteiger partial charge is 0.351 e. The van der Waals surface area contributed by atoms with Gasteiger partial charge in [0.1, 0.15) is 0 Å². The first kappa shape index (κ1) is 18.3. The van der Waals surface area contributed by atoms with Crippen LogP contribution < -0.4 is 10.6 Å². The SMILES string of the molecule is C[C@@H](CNC(=O)c1ccc2c(c1)NC(=O)c1ccccc1S2)c1ccccc1. The summed E-state index contributed by atoms with van der Waals surface area (Å²) < 4.78 is 0. The molecule has 4 rings (SSSR count). The predicted molar refractivity (Wildman–Crippen MR) is 112 cm³/mol. The molecule has 1 aliphatic heterocycles. The van der Waals surface area contributed by atoms with Crippen molar-refractivity contribution in [1.29, 1.82) is 0 Å². The van der Waals surface area contributed by atoms with Crippen molar-refractivity contribution in [3.8, 4) is 0 Å². The number of nitrogens with one attached hydrogen (secondary N) is 2.